The molecule has 2 heterocycles. The Morgan fingerprint density at radius 3 is 2.65 bits per heavy atom. The molecule has 2 aromatic rings. The molecule has 0 aliphatic carbocycles. The lowest BCUT2D eigenvalue weighted by Crippen LogP contribution is -2.37. The van der Waals surface area contributed by atoms with Gasteiger partial charge in [-0.15, -0.1) is 0 Å². The summed E-state index contributed by atoms with van der Waals surface area (Å²) in [6.07, 6.45) is 5.80. The lowest BCUT2D eigenvalue weighted by molar-refractivity contribution is 0.203. The first-order valence-corrected chi connectivity index (χ1v) is 8.95. The fourth-order valence-corrected chi connectivity index (χ4v) is 4.38. The molecule has 2 aliphatic heterocycles. The standard InChI is InChI=1S/C20H19BrFN/c21-17-8-15(9-18(22)12-17)16-10-19-6-7-20(11-16)23(19)13-14-4-2-1-3-5-14/h1-5,8-10,12,19-20H,6-7,11,13H2. The zero-order valence-electron chi connectivity index (χ0n) is 12.9. The van der Waals surface area contributed by atoms with Crippen molar-refractivity contribution in [3.8, 4) is 0 Å². The normalized spacial score (nSPS) is 23.8. The summed E-state index contributed by atoms with van der Waals surface area (Å²) >= 11 is 3.40. The zero-order chi connectivity index (χ0) is 15.8. The summed E-state index contributed by atoms with van der Waals surface area (Å²) in [5, 5.41) is 0. The lowest BCUT2D eigenvalue weighted by Gasteiger charge is -2.34. The van der Waals surface area contributed by atoms with Crippen LogP contribution >= 0.6 is 15.9 Å². The summed E-state index contributed by atoms with van der Waals surface area (Å²) in [7, 11) is 0. The lowest BCUT2D eigenvalue weighted by atomic mass is 9.94. The summed E-state index contributed by atoms with van der Waals surface area (Å²) in [5.41, 5.74) is 3.69. The van der Waals surface area contributed by atoms with E-state index in [2.05, 4.69) is 57.2 Å². The molecule has 2 bridgehead atoms. The average molecular weight is 372 g/mol. The van der Waals surface area contributed by atoms with E-state index < -0.39 is 0 Å². The highest BCUT2D eigenvalue weighted by Crippen LogP contribution is 2.39. The summed E-state index contributed by atoms with van der Waals surface area (Å²) in [6, 6.07) is 16.9. The van der Waals surface area contributed by atoms with Crippen molar-refractivity contribution in [2.24, 2.45) is 0 Å². The van der Waals surface area contributed by atoms with Gasteiger partial charge in [-0.25, -0.2) is 4.39 Å². The number of hydrogen-bond acceptors (Lipinski definition) is 1. The van der Waals surface area contributed by atoms with Gasteiger partial charge >= 0.3 is 0 Å². The molecule has 2 unspecified atom stereocenters. The van der Waals surface area contributed by atoms with Gasteiger partial charge in [0.25, 0.3) is 0 Å². The number of benzene rings is 2. The fourth-order valence-electron chi connectivity index (χ4n) is 3.91. The van der Waals surface area contributed by atoms with Crippen molar-refractivity contribution in [1.82, 2.24) is 4.90 Å². The third-order valence-electron chi connectivity index (χ3n) is 4.98. The number of halogens is 2. The van der Waals surface area contributed by atoms with Crippen molar-refractivity contribution in [3.05, 3.63) is 76.0 Å². The van der Waals surface area contributed by atoms with Crippen molar-refractivity contribution in [3.63, 3.8) is 0 Å². The van der Waals surface area contributed by atoms with Crippen LogP contribution in [-0.4, -0.2) is 17.0 Å². The molecular formula is C20H19BrFN. The highest BCUT2D eigenvalue weighted by molar-refractivity contribution is 9.10. The van der Waals surface area contributed by atoms with Crippen LogP contribution in [0.4, 0.5) is 4.39 Å². The predicted molar refractivity (Wildman–Crippen MR) is 95.5 cm³/mol. The van der Waals surface area contributed by atoms with E-state index in [1.165, 1.54) is 30.0 Å². The van der Waals surface area contributed by atoms with Crippen LogP contribution in [0.5, 0.6) is 0 Å². The van der Waals surface area contributed by atoms with Crippen LogP contribution in [0, 0.1) is 5.82 Å². The highest BCUT2D eigenvalue weighted by atomic mass is 79.9. The van der Waals surface area contributed by atoms with Crippen LogP contribution in [0.3, 0.4) is 0 Å². The summed E-state index contributed by atoms with van der Waals surface area (Å²) in [6.45, 7) is 1.01. The topological polar surface area (TPSA) is 3.24 Å². The molecule has 118 valence electrons. The van der Waals surface area contributed by atoms with Gasteiger partial charge in [-0.3, -0.25) is 4.90 Å². The first-order chi connectivity index (χ1) is 11.2. The Hall–Kier alpha value is -1.45. The molecule has 1 saturated heterocycles. The minimum atomic E-state index is -0.172. The van der Waals surface area contributed by atoms with Gasteiger partial charge in [-0.2, -0.15) is 0 Å². The quantitative estimate of drug-likeness (QED) is 0.697. The Kier molecular flexibility index (Phi) is 4.08. The number of fused-ring (bicyclic) bond motifs is 2. The minimum Gasteiger partial charge on any atom is -0.289 e. The van der Waals surface area contributed by atoms with E-state index >= 15 is 0 Å². The Labute approximate surface area is 144 Å². The molecule has 2 aromatic carbocycles. The van der Waals surface area contributed by atoms with E-state index in [4.69, 9.17) is 0 Å². The van der Waals surface area contributed by atoms with Gasteiger partial charge in [0.15, 0.2) is 0 Å². The number of hydrogen-bond donors (Lipinski definition) is 0. The minimum absolute atomic E-state index is 0.172. The van der Waals surface area contributed by atoms with Crippen LogP contribution < -0.4 is 0 Å². The van der Waals surface area contributed by atoms with E-state index in [1.54, 1.807) is 6.07 Å². The first kappa shape index (κ1) is 15.1. The molecule has 0 amide bonds. The summed E-state index contributed by atoms with van der Waals surface area (Å²) < 4.78 is 14.5. The monoisotopic (exact) mass is 371 g/mol. The van der Waals surface area contributed by atoms with E-state index in [-0.39, 0.29) is 5.82 Å². The molecule has 2 aliphatic rings. The smallest absolute Gasteiger partial charge is 0.124 e. The predicted octanol–water partition coefficient (Wildman–Crippen LogP) is 5.41. The van der Waals surface area contributed by atoms with E-state index in [0.29, 0.717) is 12.1 Å². The second-order valence-corrected chi connectivity index (χ2v) is 7.43. The number of rotatable bonds is 3. The van der Waals surface area contributed by atoms with Gasteiger partial charge < -0.3 is 0 Å². The van der Waals surface area contributed by atoms with Gasteiger partial charge in [0, 0.05) is 23.1 Å². The first-order valence-electron chi connectivity index (χ1n) is 8.16. The van der Waals surface area contributed by atoms with Crippen molar-refractivity contribution in [2.75, 3.05) is 0 Å². The molecule has 0 saturated carbocycles. The van der Waals surface area contributed by atoms with Gasteiger partial charge in [0.05, 0.1) is 0 Å². The molecule has 1 fully saturated rings. The maximum atomic E-state index is 13.7. The Balaban J connectivity index is 1.59. The van der Waals surface area contributed by atoms with Crippen LogP contribution in [0.1, 0.15) is 30.4 Å². The maximum Gasteiger partial charge on any atom is 0.124 e. The van der Waals surface area contributed by atoms with Crippen molar-refractivity contribution >= 4 is 21.5 Å². The third kappa shape index (κ3) is 3.13. The molecule has 0 N–H and O–H groups in total. The Morgan fingerprint density at radius 2 is 1.91 bits per heavy atom. The van der Waals surface area contributed by atoms with Gasteiger partial charge in [-0.05, 0) is 54.2 Å². The molecule has 4 rings (SSSR count). The largest absolute Gasteiger partial charge is 0.289 e. The highest BCUT2D eigenvalue weighted by Gasteiger charge is 2.36. The van der Waals surface area contributed by atoms with Gasteiger partial charge in [0.1, 0.15) is 5.82 Å². The van der Waals surface area contributed by atoms with E-state index in [0.717, 1.165) is 23.0 Å². The third-order valence-corrected chi connectivity index (χ3v) is 5.44. The van der Waals surface area contributed by atoms with Crippen molar-refractivity contribution in [2.45, 2.75) is 37.9 Å². The van der Waals surface area contributed by atoms with E-state index in [1.807, 2.05) is 6.07 Å². The van der Waals surface area contributed by atoms with Crippen molar-refractivity contribution in [1.29, 1.82) is 0 Å². The summed E-state index contributed by atoms with van der Waals surface area (Å²) in [5.74, 6) is -0.172. The zero-order valence-corrected chi connectivity index (χ0v) is 14.5. The Morgan fingerprint density at radius 1 is 1.09 bits per heavy atom. The van der Waals surface area contributed by atoms with Crippen LogP contribution in [0.15, 0.2) is 59.1 Å². The van der Waals surface area contributed by atoms with E-state index in [9.17, 15) is 4.39 Å². The van der Waals surface area contributed by atoms with Crippen LogP contribution in [0.25, 0.3) is 5.57 Å². The molecular weight excluding hydrogens is 353 g/mol. The Bertz CT molecular complexity index is 720. The fraction of sp³-hybridized carbons (Fsp3) is 0.300. The molecule has 23 heavy (non-hydrogen) atoms. The second kappa shape index (κ2) is 6.21. The van der Waals surface area contributed by atoms with Crippen LogP contribution in [-0.2, 0) is 6.54 Å². The van der Waals surface area contributed by atoms with Crippen molar-refractivity contribution < 1.29 is 4.39 Å². The number of nitrogens with zero attached hydrogens (tertiary/aromatic N) is 1. The molecule has 0 aromatic heterocycles. The molecule has 3 heteroatoms. The average Bonchev–Trinajstić information content (AvgIpc) is 2.77. The molecule has 0 spiro atoms. The molecule has 2 atom stereocenters. The second-order valence-electron chi connectivity index (χ2n) is 6.51. The molecule has 1 nitrogen and oxygen atoms in total. The van der Waals surface area contributed by atoms with Gasteiger partial charge in [-0.1, -0.05) is 52.3 Å². The molecule has 0 radical (unpaired) electrons. The summed E-state index contributed by atoms with van der Waals surface area (Å²) in [4.78, 5) is 2.60. The SMILES string of the molecule is Fc1cc(Br)cc(C2=CC3CCC(C2)N3Cc2ccccc2)c1. The maximum absolute atomic E-state index is 13.7. The van der Waals surface area contributed by atoms with Crippen LogP contribution in [0.2, 0.25) is 0 Å². The van der Waals surface area contributed by atoms with Gasteiger partial charge in [0.2, 0.25) is 0 Å².